The molecule has 1 saturated carbocycles. The fourth-order valence-electron chi connectivity index (χ4n) is 1.83. The van der Waals surface area contributed by atoms with Crippen molar-refractivity contribution in [3.05, 3.63) is 0 Å². The molecule has 0 aromatic rings. The van der Waals surface area contributed by atoms with Gasteiger partial charge in [0.25, 0.3) is 0 Å². The third-order valence-electron chi connectivity index (χ3n) is 3.27. The minimum atomic E-state index is -4.87. The predicted molar refractivity (Wildman–Crippen MR) is 56.1 cm³/mol. The Balaban J connectivity index is 2.51. The molecule has 0 aromatic heterocycles. The monoisotopic (exact) mass is 256 g/mol. The van der Waals surface area contributed by atoms with E-state index >= 15 is 0 Å². The molecule has 4 nitrogen and oxygen atoms in total. The normalized spacial score (nSPS) is 31.9. The zero-order valence-electron chi connectivity index (χ0n) is 9.67. The molecule has 1 aliphatic carbocycles. The van der Waals surface area contributed by atoms with Gasteiger partial charge in [-0.1, -0.05) is 0 Å². The van der Waals surface area contributed by atoms with E-state index in [2.05, 4.69) is 5.32 Å². The van der Waals surface area contributed by atoms with Gasteiger partial charge in [0.15, 0.2) is 5.60 Å². The van der Waals surface area contributed by atoms with Gasteiger partial charge in [-0.25, -0.2) is 0 Å². The number of alkyl halides is 3. The van der Waals surface area contributed by atoms with E-state index in [1.165, 1.54) is 0 Å². The Morgan fingerprint density at radius 3 is 2.12 bits per heavy atom. The van der Waals surface area contributed by atoms with E-state index in [1.54, 1.807) is 0 Å². The van der Waals surface area contributed by atoms with Gasteiger partial charge in [-0.3, -0.25) is 5.32 Å². The topological polar surface area (TPSA) is 78.5 Å². The molecule has 1 aliphatic rings. The van der Waals surface area contributed by atoms with Gasteiger partial charge in [-0.15, -0.1) is 0 Å². The van der Waals surface area contributed by atoms with Crippen LogP contribution in [0, 0.1) is 0 Å². The van der Waals surface area contributed by atoms with Gasteiger partial charge >= 0.3 is 6.18 Å². The van der Waals surface area contributed by atoms with Crippen LogP contribution in [0.4, 0.5) is 13.2 Å². The van der Waals surface area contributed by atoms with E-state index in [4.69, 9.17) is 5.73 Å². The molecule has 2 atom stereocenters. The highest BCUT2D eigenvalue weighted by Gasteiger charge is 2.55. The van der Waals surface area contributed by atoms with Crippen LogP contribution >= 0.6 is 0 Å². The van der Waals surface area contributed by atoms with Crippen molar-refractivity contribution in [3.63, 3.8) is 0 Å². The zero-order valence-corrected chi connectivity index (χ0v) is 9.67. The molecule has 0 aliphatic heterocycles. The lowest BCUT2D eigenvalue weighted by atomic mass is 9.91. The molecule has 0 heterocycles. The molecule has 0 saturated heterocycles. The second-order valence-electron chi connectivity index (χ2n) is 4.83. The Labute approximate surface area is 98.0 Å². The molecule has 0 amide bonds. The number of nitrogens with one attached hydrogen (secondary N) is 1. The number of aliphatic hydroxyl groups excluding tert-OH is 1. The Bertz CT molecular complexity index is 250. The molecule has 1 rings (SSSR count). The molecule has 0 bridgehead atoms. The lowest BCUT2D eigenvalue weighted by Crippen LogP contribution is -2.60. The van der Waals surface area contributed by atoms with Gasteiger partial charge in [0.05, 0.1) is 0 Å². The highest BCUT2D eigenvalue weighted by atomic mass is 19.4. The Hall–Kier alpha value is -0.370. The lowest BCUT2D eigenvalue weighted by Gasteiger charge is -2.36. The summed E-state index contributed by atoms with van der Waals surface area (Å²) in [5.74, 6) is 0. The predicted octanol–water partition coefficient (Wildman–Crippen LogP) is 0.478. The molecule has 17 heavy (non-hydrogen) atoms. The summed E-state index contributed by atoms with van der Waals surface area (Å²) in [5, 5.41) is 21.1. The minimum Gasteiger partial charge on any atom is -0.378 e. The van der Waals surface area contributed by atoms with Crippen molar-refractivity contribution in [1.82, 2.24) is 5.32 Å². The van der Waals surface area contributed by atoms with E-state index in [1.807, 2.05) is 0 Å². The fraction of sp³-hybridized carbons (Fsp3) is 1.00. The number of nitrogens with two attached hydrogens (primary N) is 1. The van der Waals surface area contributed by atoms with Crippen LogP contribution in [0.25, 0.3) is 0 Å². The maximum Gasteiger partial charge on any atom is 0.420 e. The maximum atomic E-state index is 12.4. The molecule has 0 radical (unpaired) electrons. The third-order valence-corrected chi connectivity index (χ3v) is 3.27. The van der Waals surface area contributed by atoms with Crippen LogP contribution in [0.1, 0.15) is 32.6 Å². The summed E-state index contributed by atoms with van der Waals surface area (Å²) in [6.07, 6.45) is -4.28. The van der Waals surface area contributed by atoms with E-state index in [0.717, 1.165) is 0 Å². The smallest absolute Gasteiger partial charge is 0.378 e. The maximum absolute atomic E-state index is 12.4. The van der Waals surface area contributed by atoms with Crippen molar-refractivity contribution in [2.45, 2.75) is 62.7 Å². The summed E-state index contributed by atoms with van der Waals surface area (Å²) in [4.78, 5) is 0. The summed E-state index contributed by atoms with van der Waals surface area (Å²) in [7, 11) is 0. The SMILES string of the molecule is CC(O)(C(O)NC1CCC(N)CC1)C(F)(F)F. The van der Waals surface area contributed by atoms with Crippen molar-refractivity contribution in [2.75, 3.05) is 0 Å². The van der Waals surface area contributed by atoms with Gasteiger partial charge in [0.1, 0.15) is 6.23 Å². The number of halogens is 3. The van der Waals surface area contributed by atoms with E-state index < -0.39 is 18.0 Å². The molecule has 102 valence electrons. The summed E-state index contributed by atoms with van der Waals surface area (Å²) in [6.45, 7) is 0.555. The molecule has 7 heteroatoms. The van der Waals surface area contributed by atoms with Gasteiger partial charge in [0.2, 0.25) is 0 Å². The van der Waals surface area contributed by atoms with Crippen LogP contribution in [0.3, 0.4) is 0 Å². The molecule has 1 fully saturated rings. The van der Waals surface area contributed by atoms with Gasteiger partial charge in [-0.2, -0.15) is 13.2 Å². The highest BCUT2D eigenvalue weighted by Crippen LogP contribution is 2.32. The van der Waals surface area contributed by atoms with E-state index in [-0.39, 0.29) is 12.1 Å². The molecular formula is C10H19F3N2O2. The first-order valence-electron chi connectivity index (χ1n) is 5.63. The number of hydrogen-bond acceptors (Lipinski definition) is 4. The largest absolute Gasteiger partial charge is 0.420 e. The van der Waals surface area contributed by atoms with Crippen LogP contribution in [-0.4, -0.2) is 40.3 Å². The van der Waals surface area contributed by atoms with Crippen LogP contribution in [0.5, 0.6) is 0 Å². The Morgan fingerprint density at radius 1 is 1.24 bits per heavy atom. The average Bonchev–Trinajstić information content (AvgIpc) is 2.19. The van der Waals surface area contributed by atoms with E-state index in [9.17, 15) is 23.4 Å². The van der Waals surface area contributed by atoms with Crippen molar-refractivity contribution in [1.29, 1.82) is 0 Å². The van der Waals surface area contributed by atoms with Gasteiger partial charge in [-0.05, 0) is 32.6 Å². The summed E-state index contributed by atoms with van der Waals surface area (Å²) >= 11 is 0. The first kappa shape index (κ1) is 14.7. The van der Waals surface area contributed by atoms with Crippen LogP contribution in [-0.2, 0) is 0 Å². The Morgan fingerprint density at radius 2 is 1.71 bits per heavy atom. The highest BCUT2D eigenvalue weighted by molar-refractivity contribution is 4.90. The second-order valence-corrected chi connectivity index (χ2v) is 4.83. The molecule has 2 unspecified atom stereocenters. The van der Waals surface area contributed by atoms with Crippen LogP contribution in [0.15, 0.2) is 0 Å². The summed E-state index contributed by atoms with van der Waals surface area (Å²) < 4.78 is 37.3. The molecule has 0 spiro atoms. The third kappa shape index (κ3) is 3.54. The second kappa shape index (κ2) is 5.09. The lowest BCUT2D eigenvalue weighted by molar-refractivity contribution is -0.288. The average molecular weight is 256 g/mol. The van der Waals surface area contributed by atoms with E-state index in [0.29, 0.717) is 32.6 Å². The van der Waals surface area contributed by atoms with Gasteiger partial charge < -0.3 is 15.9 Å². The molecule has 5 N–H and O–H groups in total. The fourth-order valence-corrected chi connectivity index (χ4v) is 1.83. The Kier molecular flexibility index (Phi) is 4.40. The van der Waals surface area contributed by atoms with Crippen molar-refractivity contribution < 1.29 is 23.4 Å². The first-order chi connectivity index (χ1) is 7.64. The van der Waals surface area contributed by atoms with Crippen LogP contribution < -0.4 is 11.1 Å². The molecule has 0 aromatic carbocycles. The first-order valence-corrected chi connectivity index (χ1v) is 5.63. The van der Waals surface area contributed by atoms with Crippen molar-refractivity contribution in [2.24, 2.45) is 5.73 Å². The molecular weight excluding hydrogens is 237 g/mol. The van der Waals surface area contributed by atoms with Crippen LogP contribution in [0.2, 0.25) is 0 Å². The summed E-state index contributed by atoms with van der Waals surface area (Å²) in [5.41, 5.74) is 2.52. The van der Waals surface area contributed by atoms with Gasteiger partial charge in [0, 0.05) is 12.1 Å². The van der Waals surface area contributed by atoms with Crippen molar-refractivity contribution in [3.8, 4) is 0 Å². The summed E-state index contributed by atoms with van der Waals surface area (Å²) in [6, 6.07) is -0.160. The standard InChI is InChI=1S/C10H19F3N2O2/c1-9(17,10(11,12)13)8(16)15-7-4-2-6(14)3-5-7/h6-8,15-17H,2-5,14H2,1H3. The number of hydrogen-bond donors (Lipinski definition) is 4. The quantitative estimate of drug-likeness (QED) is 0.554. The zero-order chi connectivity index (χ0) is 13.3. The van der Waals surface area contributed by atoms with Crippen molar-refractivity contribution >= 4 is 0 Å². The number of rotatable bonds is 3. The number of aliphatic hydroxyl groups is 2. The minimum absolute atomic E-state index is 0.0771.